The summed E-state index contributed by atoms with van der Waals surface area (Å²) in [4.78, 5) is 24.7. The number of hydrogen-bond acceptors (Lipinski definition) is 4. The second kappa shape index (κ2) is 6.71. The molecule has 1 saturated heterocycles. The second-order valence-electron chi connectivity index (χ2n) is 4.94. The van der Waals surface area contributed by atoms with Crippen LogP contribution in [0, 0.1) is 5.92 Å². The zero-order valence-electron chi connectivity index (χ0n) is 11.1. The summed E-state index contributed by atoms with van der Waals surface area (Å²) in [7, 11) is 0. The molecule has 2 atom stereocenters. The molecule has 2 rings (SSSR count). The largest absolute Gasteiger partial charge is 0.387 e. The number of rotatable bonds is 4. The van der Waals surface area contributed by atoms with E-state index in [9.17, 15) is 14.7 Å². The standard InChI is InChI=1S/C13H19N3O3S/c14-13(19)16-4-1-2-9(7-16)12(18)15-6-11(17)10-3-5-20-8-10/h3,5,8-9,11,17H,1-2,4,6-7H2,(H2,14,19)(H,15,18). The van der Waals surface area contributed by atoms with E-state index in [1.807, 2.05) is 16.8 Å². The van der Waals surface area contributed by atoms with Crippen LogP contribution in [0.1, 0.15) is 24.5 Å². The van der Waals surface area contributed by atoms with E-state index in [1.165, 1.54) is 16.2 Å². The molecule has 20 heavy (non-hydrogen) atoms. The Morgan fingerprint density at radius 1 is 1.60 bits per heavy atom. The molecule has 1 aromatic heterocycles. The zero-order chi connectivity index (χ0) is 14.5. The van der Waals surface area contributed by atoms with E-state index in [4.69, 9.17) is 5.73 Å². The lowest BCUT2D eigenvalue weighted by molar-refractivity contribution is -0.126. The Labute approximate surface area is 121 Å². The SMILES string of the molecule is NC(=O)N1CCCC(C(=O)NCC(O)c2ccsc2)C1. The van der Waals surface area contributed by atoms with Crippen molar-refractivity contribution in [2.75, 3.05) is 19.6 Å². The molecule has 110 valence electrons. The lowest BCUT2D eigenvalue weighted by atomic mass is 9.97. The Balaban J connectivity index is 1.81. The van der Waals surface area contributed by atoms with E-state index < -0.39 is 12.1 Å². The van der Waals surface area contributed by atoms with Gasteiger partial charge in [0.2, 0.25) is 5.91 Å². The smallest absolute Gasteiger partial charge is 0.314 e. The molecule has 1 aromatic rings. The average Bonchev–Trinajstić information content (AvgIpc) is 2.98. The number of aliphatic hydroxyl groups excluding tert-OH is 1. The van der Waals surface area contributed by atoms with Gasteiger partial charge in [-0.25, -0.2) is 4.79 Å². The molecule has 0 aliphatic carbocycles. The molecule has 7 heteroatoms. The predicted octanol–water partition coefficient (Wildman–Crippen LogP) is 0.688. The van der Waals surface area contributed by atoms with Crippen molar-refractivity contribution in [2.24, 2.45) is 11.7 Å². The summed E-state index contributed by atoms with van der Waals surface area (Å²) < 4.78 is 0. The number of piperidine rings is 1. The highest BCUT2D eigenvalue weighted by molar-refractivity contribution is 7.07. The van der Waals surface area contributed by atoms with E-state index in [2.05, 4.69) is 5.32 Å². The molecule has 6 nitrogen and oxygen atoms in total. The number of amides is 3. The Morgan fingerprint density at radius 3 is 3.05 bits per heavy atom. The van der Waals surface area contributed by atoms with E-state index in [1.54, 1.807) is 0 Å². The van der Waals surface area contributed by atoms with E-state index in [0.717, 1.165) is 18.4 Å². The molecule has 1 fully saturated rings. The minimum absolute atomic E-state index is 0.134. The van der Waals surface area contributed by atoms with Gasteiger partial charge in [-0.2, -0.15) is 11.3 Å². The molecule has 3 amide bonds. The molecule has 2 unspecified atom stereocenters. The number of carbonyl (C=O) groups excluding carboxylic acids is 2. The molecule has 2 heterocycles. The van der Waals surface area contributed by atoms with Crippen LogP contribution in [-0.2, 0) is 4.79 Å². The van der Waals surface area contributed by atoms with Crippen molar-refractivity contribution in [1.29, 1.82) is 0 Å². The molecule has 0 radical (unpaired) electrons. The van der Waals surface area contributed by atoms with Gasteiger partial charge >= 0.3 is 6.03 Å². The number of primary amides is 1. The van der Waals surface area contributed by atoms with Crippen molar-refractivity contribution in [1.82, 2.24) is 10.2 Å². The fourth-order valence-corrected chi connectivity index (χ4v) is 3.02. The first-order valence-electron chi connectivity index (χ1n) is 6.60. The highest BCUT2D eigenvalue weighted by Gasteiger charge is 2.27. The van der Waals surface area contributed by atoms with Crippen LogP contribution in [0.3, 0.4) is 0 Å². The van der Waals surface area contributed by atoms with Crippen molar-refractivity contribution in [2.45, 2.75) is 18.9 Å². The third kappa shape index (κ3) is 3.71. The number of carbonyl (C=O) groups is 2. The lowest BCUT2D eigenvalue weighted by Crippen LogP contribution is -2.47. The maximum atomic E-state index is 12.0. The van der Waals surface area contributed by atoms with Crippen LogP contribution in [0.4, 0.5) is 4.79 Å². The first kappa shape index (κ1) is 14.8. The molecule has 0 aromatic carbocycles. The summed E-state index contributed by atoms with van der Waals surface area (Å²) in [5.74, 6) is -0.379. The Kier molecular flexibility index (Phi) is 4.97. The average molecular weight is 297 g/mol. The van der Waals surface area contributed by atoms with Crippen molar-refractivity contribution in [3.63, 3.8) is 0 Å². The minimum Gasteiger partial charge on any atom is -0.387 e. The molecular weight excluding hydrogens is 278 g/mol. The summed E-state index contributed by atoms with van der Waals surface area (Å²) in [5, 5.41) is 16.4. The van der Waals surface area contributed by atoms with Crippen molar-refractivity contribution < 1.29 is 14.7 Å². The van der Waals surface area contributed by atoms with Crippen LogP contribution >= 0.6 is 11.3 Å². The summed E-state index contributed by atoms with van der Waals surface area (Å²) in [5.41, 5.74) is 6.04. The number of thiophene rings is 1. The molecule has 0 saturated carbocycles. The van der Waals surface area contributed by atoms with Crippen LogP contribution in [0.2, 0.25) is 0 Å². The highest BCUT2D eigenvalue weighted by atomic mass is 32.1. The third-order valence-corrected chi connectivity index (χ3v) is 4.20. The van der Waals surface area contributed by atoms with Gasteiger partial charge in [-0.05, 0) is 35.2 Å². The Hall–Kier alpha value is -1.60. The monoisotopic (exact) mass is 297 g/mol. The first-order chi connectivity index (χ1) is 9.58. The zero-order valence-corrected chi connectivity index (χ0v) is 11.9. The minimum atomic E-state index is -0.693. The number of nitrogens with one attached hydrogen (secondary N) is 1. The van der Waals surface area contributed by atoms with E-state index >= 15 is 0 Å². The predicted molar refractivity (Wildman–Crippen MR) is 76.2 cm³/mol. The molecule has 4 N–H and O–H groups in total. The van der Waals surface area contributed by atoms with Gasteiger partial charge in [0.15, 0.2) is 0 Å². The van der Waals surface area contributed by atoms with E-state index in [0.29, 0.717) is 13.1 Å². The van der Waals surface area contributed by atoms with Gasteiger partial charge in [-0.1, -0.05) is 0 Å². The maximum absolute atomic E-state index is 12.0. The number of likely N-dealkylation sites (tertiary alicyclic amines) is 1. The van der Waals surface area contributed by atoms with E-state index in [-0.39, 0.29) is 18.4 Å². The molecule has 0 spiro atoms. The summed E-state index contributed by atoms with van der Waals surface area (Å²) in [6.45, 7) is 1.15. The number of aliphatic hydroxyl groups is 1. The highest BCUT2D eigenvalue weighted by Crippen LogP contribution is 2.18. The normalized spacial score (nSPS) is 20.4. The number of nitrogens with zero attached hydrogens (tertiary/aromatic N) is 1. The van der Waals surface area contributed by atoms with Crippen LogP contribution in [0.5, 0.6) is 0 Å². The summed E-state index contributed by atoms with van der Waals surface area (Å²) >= 11 is 1.50. The van der Waals surface area contributed by atoms with Crippen molar-refractivity contribution in [3.8, 4) is 0 Å². The molecule has 0 bridgehead atoms. The number of hydrogen-bond donors (Lipinski definition) is 3. The van der Waals surface area contributed by atoms with Gasteiger partial charge in [-0.15, -0.1) is 0 Å². The van der Waals surface area contributed by atoms with Gasteiger partial charge in [-0.3, -0.25) is 4.79 Å². The molecular formula is C13H19N3O3S. The van der Waals surface area contributed by atoms with Gasteiger partial charge < -0.3 is 21.1 Å². The Bertz CT molecular complexity index is 463. The van der Waals surface area contributed by atoms with Gasteiger partial charge in [0, 0.05) is 19.6 Å². The quantitative estimate of drug-likeness (QED) is 0.763. The fraction of sp³-hybridized carbons (Fsp3) is 0.538. The Morgan fingerprint density at radius 2 is 2.40 bits per heavy atom. The van der Waals surface area contributed by atoms with Crippen LogP contribution in [0.25, 0.3) is 0 Å². The first-order valence-corrected chi connectivity index (χ1v) is 7.54. The van der Waals surface area contributed by atoms with Gasteiger partial charge in [0.1, 0.15) is 0 Å². The molecule has 1 aliphatic rings. The van der Waals surface area contributed by atoms with Crippen LogP contribution in [0.15, 0.2) is 16.8 Å². The second-order valence-corrected chi connectivity index (χ2v) is 5.72. The van der Waals surface area contributed by atoms with Gasteiger partial charge in [0.05, 0.1) is 12.0 Å². The number of nitrogens with two attached hydrogens (primary N) is 1. The topological polar surface area (TPSA) is 95.7 Å². The summed E-state index contributed by atoms with van der Waals surface area (Å²) in [6, 6.07) is 1.34. The number of urea groups is 1. The fourth-order valence-electron chi connectivity index (χ4n) is 2.32. The summed E-state index contributed by atoms with van der Waals surface area (Å²) in [6.07, 6.45) is 0.819. The molecule has 1 aliphatic heterocycles. The van der Waals surface area contributed by atoms with Crippen LogP contribution in [-0.4, -0.2) is 41.6 Å². The van der Waals surface area contributed by atoms with Crippen molar-refractivity contribution >= 4 is 23.3 Å². The van der Waals surface area contributed by atoms with Gasteiger partial charge in [0.25, 0.3) is 0 Å². The van der Waals surface area contributed by atoms with Crippen molar-refractivity contribution in [3.05, 3.63) is 22.4 Å². The third-order valence-electron chi connectivity index (χ3n) is 3.50. The van der Waals surface area contributed by atoms with Crippen LogP contribution < -0.4 is 11.1 Å². The lowest BCUT2D eigenvalue weighted by Gasteiger charge is -2.30. The maximum Gasteiger partial charge on any atom is 0.314 e.